The first kappa shape index (κ1) is 20.4. The SMILES string of the molecule is COc1ccc(NC(=O)COC(=O)c2ccc(-c3ccccc3)nc2C)cc1Cl. The molecule has 6 nitrogen and oxygen atoms in total. The van der Waals surface area contributed by atoms with Crippen molar-refractivity contribution in [1.29, 1.82) is 0 Å². The van der Waals surface area contributed by atoms with Crippen LogP contribution in [0.5, 0.6) is 5.75 Å². The Kier molecular flexibility index (Phi) is 6.46. The lowest BCUT2D eigenvalue weighted by Crippen LogP contribution is -2.21. The summed E-state index contributed by atoms with van der Waals surface area (Å²) in [7, 11) is 1.50. The molecule has 29 heavy (non-hydrogen) atoms. The van der Waals surface area contributed by atoms with Gasteiger partial charge in [-0.15, -0.1) is 0 Å². The van der Waals surface area contributed by atoms with Gasteiger partial charge in [-0.3, -0.25) is 9.78 Å². The number of nitrogens with one attached hydrogen (secondary N) is 1. The number of aryl methyl sites for hydroxylation is 1. The first-order valence-corrected chi connectivity index (χ1v) is 9.19. The van der Waals surface area contributed by atoms with Gasteiger partial charge in [0.05, 0.1) is 29.1 Å². The van der Waals surface area contributed by atoms with Crippen LogP contribution >= 0.6 is 11.6 Å². The number of ether oxygens (including phenoxy) is 2. The first-order chi connectivity index (χ1) is 14.0. The molecule has 1 amide bonds. The van der Waals surface area contributed by atoms with E-state index in [2.05, 4.69) is 10.3 Å². The zero-order valence-electron chi connectivity index (χ0n) is 15.9. The Morgan fingerprint density at radius 2 is 1.83 bits per heavy atom. The number of amides is 1. The van der Waals surface area contributed by atoms with Crippen LogP contribution in [0.1, 0.15) is 16.1 Å². The molecule has 1 aromatic heterocycles. The zero-order chi connectivity index (χ0) is 20.8. The van der Waals surface area contributed by atoms with Crippen molar-refractivity contribution < 1.29 is 19.1 Å². The predicted molar refractivity (Wildman–Crippen MR) is 111 cm³/mol. The van der Waals surface area contributed by atoms with Crippen LogP contribution in [0.2, 0.25) is 5.02 Å². The molecule has 0 bridgehead atoms. The van der Waals surface area contributed by atoms with Crippen molar-refractivity contribution in [2.45, 2.75) is 6.92 Å². The summed E-state index contributed by atoms with van der Waals surface area (Å²) < 4.78 is 10.2. The number of anilines is 1. The van der Waals surface area contributed by atoms with E-state index in [0.29, 0.717) is 27.7 Å². The van der Waals surface area contributed by atoms with Crippen molar-refractivity contribution in [3.05, 3.63) is 76.9 Å². The number of carbonyl (C=O) groups is 2. The molecule has 3 aromatic rings. The number of nitrogens with zero attached hydrogens (tertiary/aromatic N) is 1. The molecule has 148 valence electrons. The van der Waals surface area contributed by atoms with Gasteiger partial charge in [0.1, 0.15) is 5.75 Å². The van der Waals surface area contributed by atoms with Crippen molar-refractivity contribution in [3.63, 3.8) is 0 Å². The monoisotopic (exact) mass is 410 g/mol. The Morgan fingerprint density at radius 1 is 1.07 bits per heavy atom. The van der Waals surface area contributed by atoms with Crippen molar-refractivity contribution in [2.75, 3.05) is 19.0 Å². The van der Waals surface area contributed by atoms with Crippen LogP contribution in [0.25, 0.3) is 11.3 Å². The molecule has 7 heteroatoms. The summed E-state index contributed by atoms with van der Waals surface area (Å²) in [5.41, 5.74) is 3.02. The summed E-state index contributed by atoms with van der Waals surface area (Å²) in [6, 6.07) is 17.9. The lowest BCUT2D eigenvalue weighted by Gasteiger charge is -2.10. The van der Waals surface area contributed by atoms with Gasteiger partial charge in [0, 0.05) is 11.3 Å². The van der Waals surface area contributed by atoms with Crippen molar-refractivity contribution in [1.82, 2.24) is 4.98 Å². The highest BCUT2D eigenvalue weighted by Gasteiger charge is 2.15. The summed E-state index contributed by atoms with van der Waals surface area (Å²) in [6.45, 7) is 1.30. The van der Waals surface area contributed by atoms with Crippen LogP contribution in [-0.4, -0.2) is 30.6 Å². The van der Waals surface area contributed by atoms with E-state index in [9.17, 15) is 9.59 Å². The fraction of sp³-hybridized carbons (Fsp3) is 0.136. The number of hydrogen-bond acceptors (Lipinski definition) is 5. The van der Waals surface area contributed by atoms with Gasteiger partial charge in [-0.05, 0) is 37.3 Å². The molecule has 0 saturated heterocycles. The highest BCUT2D eigenvalue weighted by atomic mass is 35.5. The van der Waals surface area contributed by atoms with Crippen LogP contribution in [0.15, 0.2) is 60.7 Å². The first-order valence-electron chi connectivity index (χ1n) is 8.81. The van der Waals surface area contributed by atoms with Crippen LogP contribution in [0.4, 0.5) is 5.69 Å². The Hall–Kier alpha value is -3.38. The van der Waals surface area contributed by atoms with E-state index in [0.717, 1.165) is 11.3 Å². The minimum absolute atomic E-state index is 0.310. The van der Waals surface area contributed by atoms with Crippen LogP contribution < -0.4 is 10.1 Å². The maximum atomic E-state index is 12.3. The third-order valence-corrected chi connectivity index (χ3v) is 4.44. The Balaban J connectivity index is 1.60. The number of benzene rings is 2. The van der Waals surface area contributed by atoms with Crippen LogP contribution in [0.3, 0.4) is 0 Å². The predicted octanol–water partition coefficient (Wildman–Crippen LogP) is 4.51. The average Bonchev–Trinajstić information content (AvgIpc) is 2.73. The summed E-state index contributed by atoms with van der Waals surface area (Å²) in [4.78, 5) is 28.8. The number of pyridine rings is 1. The lowest BCUT2D eigenvalue weighted by atomic mass is 10.1. The van der Waals surface area contributed by atoms with Crippen LogP contribution in [0, 0.1) is 6.92 Å². The van der Waals surface area contributed by atoms with Gasteiger partial charge in [-0.1, -0.05) is 41.9 Å². The van der Waals surface area contributed by atoms with E-state index < -0.39 is 18.5 Å². The molecule has 1 heterocycles. The van der Waals surface area contributed by atoms with Crippen LogP contribution in [-0.2, 0) is 9.53 Å². The standard InChI is InChI=1S/C22H19ClN2O4/c1-14-17(9-10-19(24-14)15-6-4-3-5-7-15)22(27)29-13-21(26)25-16-8-11-20(28-2)18(23)12-16/h3-12H,13H2,1-2H3,(H,25,26). The largest absolute Gasteiger partial charge is 0.495 e. The summed E-state index contributed by atoms with van der Waals surface area (Å²) >= 11 is 6.03. The maximum Gasteiger partial charge on any atom is 0.340 e. The molecule has 0 spiro atoms. The molecular formula is C22H19ClN2O4. The molecule has 2 aromatic carbocycles. The molecule has 3 rings (SSSR count). The number of hydrogen-bond donors (Lipinski definition) is 1. The quantitative estimate of drug-likeness (QED) is 0.605. The van der Waals surface area contributed by atoms with Gasteiger partial charge in [0.25, 0.3) is 5.91 Å². The fourth-order valence-corrected chi connectivity index (χ4v) is 2.95. The van der Waals surface area contributed by atoms with Gasteiger partial charge >= 0.3 is 5.97 Å². The minimum atomic E-state index is -0.613. The third-order valence-electron chi connectivity index (χ3n) is 4.15. The molecule has 0 aliphatic carbocycles. The number of aromatic nitrogens is 1. The molecule has 0 fully saturated rings. The Labute approximate surface area is 173 Å². The van der Waals surface area contributed by atoms with Crippen molar-refractivity contribution >= 4 is 29.2 Å². The second kappa shape index (κ2) is 9.21. The van der Waals surface area contributed by atoms with E-state index in [-0.39, 0.29) is 0 Å². The molecule has 0 saturated carbocycles. The van der Waals surface area contributed by atoms with Crippen molar-refractivity contribution in [3.8, 4) is 17.0 Å². The highest BCUT2D eigenvalue weighted by molar-refractivity contribution is 6.32. The molecule has 0 aliphatic rings. The van der Waals surface area contributed by atoms with E-state index in [4.69, 9.17) is 21.1 Å². The van der Waals surface area contributed by atoms with Crippen molar-refractivity contribution in [2.24, 2.45) is 0 Å². The maximum absolute atomic E-state index is 12.3. The number of carbonyl (C=O) groups excluding carboxylic acids is 2. The normalized spacial score (nSPS) is 10.3. The van der Waals surface area contributed by atoms with E-state index in [1.807, 2.05) is 30.3 Å². The molecular weight excluding hydrogens is 392 g/mol. The second-order valence-corrected chi connectivity index (χ2v) is 6.58. The number of halogens is 1. The highest BCUT2D eigenvalue weighted by Crippen LogP contribution is 2.27. The second-order valence-electron chi connectivity index (χ2n) is 6.17. The molecule has 0 aliphatic heterocycles. The Morgan fingerprint density at radius 3 is 2.48 bits per heavy atom. The van der Waals surface area contributed by atoms with Gasteiger partial charge < -0.3 is 14.8 Å². The summed E-state index contributed by atoms with van der Waals surface area (Å²) in [5, 5.41) is 2.98. The fourth-order valence-electron chi connectivity index (χ4n) is 2.70. The number of esters is 1. The number of rotatable bonds is 6. The molecule has 1 N–H and O–H groups in total. The van der Waals surface area contributed by atoms with Gasteiger partial charge in [0.2, 0.25) is 0 Å². The minimum Gasteiger partial charge on any atom is -0.495 e. The number of methoxy groups -OCH3 is 1. The van der Waals surface area contributed by atoms with Gasteiger partial charge in [-0.2, -0.15) is 0 Å². The van der Waals surface area contributed by atoms with E-state index in [1.54, 1.807) is 37.3 Å². The summed E-state index contributed by atoms with van der Waals surface area (Å²) in [6.07, 6.45) is 0. The summed E-state index contributed by atoms with van der Waals surface area (Å²) in [5.74, 6) is -0.596. The van der Waals surface area contributed by atoms with E-state index in [1.165, 1.54) is 7.11 Å². The average molecular weight is 411 g/mol. The zero-order valence-corrected chi connectivity index (χ0v) is 16.7. The molecule has 0 radical (unpaired) electrons. The molecule has 0 atom stereocenters. The lowest BCUT2D eigenvalue weighted by molar-refractivity contribution is -0.119. The molecule has 0 unspecified atom stereocenters. The van der Waals surface area contributed by atoms with Gasteiger partial charge in [-0.25, -0.2) is 4.79 Å². The third kappa shape index (κ3) is 5.12. The smallest absolute Gasteiger partial charge is 0.340 e. The topological polar surface area (TPSA) is 77.5 Å². The Bertz CT molecular complexity index is 1040. The van der Waals surface area contributed by atoms with Gasteiger partial charge in [0.15, 0.2) is 6.61 Å². The van der Waals surface area contributed by atoms with E-state index >= 15 is 0 Å².